The Balaban J connectivity index is 2.99. The molecule has 0 aromatic heterocycles. The lowest BCUT2D eigenvalue weighted by molar-refractivity contribution is 0.394. The minimum atomic E-state index is 0.266. The van der Waals surface area contributed by atoms with Crippen molar-refractivity contribution >= 4 is 12.6 Å². The molecule has 1 aliphatic heterocycles. The van der Waals surface area contributed by atoms with Crippen molar-refractivity contribution in [2.75, 3.05) is 7.05 Å². The molecule has 0 aromatic rings. The van der Waals surface area contributed by atoms with E-state index in [0.717, 1.165) is 0 Å². The van der Waals surface area contributed by atoms with Crippen molar-refractivity contribution in [2.24, 2.45) is 15.9 Å². The summed E-state index contributed by atoms with van der Waals surface area (Å²) in [5, 5.41) is 0. The fourth-order valence-electron chi connectivity index (χ4n) is 2.16. The van der Waals surface area contributed by atoms with E-state index in [2.05, 4.69) is 53.9 Å². The van der Waals surface area contributed by atoms with Crippen LogP contribution in [-0.4, -0.2) is 30.5 Å². The van der Waals surface area contributed by atoms with Crippen LogP contribution in [0, 0.1) is 5.92 Å². The highest BCUT2D eigenvalue weighted by Crippen LogP contribution is 2.19. The zero-order valence-corrected chi connectivity index (χ0v) is 13.1. The normalized spacial score (nSPS) is 24.1. The summed E-state index contributed by atoms with van der Waals surface area (Å²) in [6.07, 6.45) is 16.2. The molecule has 2 atom stereocenters. The van der Waals surface area contributed by atoms with Gasteiger partial charge >= 0.3 is 0 Å². The molecule has 0 saturated heterocycles. The number of hydrogen-bond acceptors (Lipinski definition) is 2. The van der Waals surface area contributed by atoms with E-state index in [4.69, 9.17) is 0 Å². The molecule has 3 nitrogen and oxygen atoms in total. The van der Waals surface area contributed by atoms with Crippen LogP contribution >= 0.6 is 0 Å². The van der Waals surface area contributed by atoms with Crippen LogP contribution in [0.2, 0.25) is 0 Å². The van der Waals surface area contributed by atoms with Gasteiger partial charge in [-0.3, -0.25) is 9.98 Å². The third kappa shape index (κ3) is 4.65. The van der Waals surface area contributed by atoms with Gasteiger partial charge in [-0.2, -0.15) is 0 Å². The van der Waals surface area contributed by atoms with Gasteiger partial charge in [0.15, 0.2) is 0 Å². The lowest BCUT2D eigenvalue weighted by atomic mass is 9.99. The predicted molar refractivity (Wildman–Crippen MR) is 89.2 cm³/mol. The Morgan fingerprint density at radius 1 is 1.35 bits per heavy atom. The van der Waals surface area contributed by atoms with Crippen LogP contribution in [0.15, 0.2) is 57.8 Å². The first kappa shape index (κ1) is 16.2. The highest BCUT2D eigenvalue weighted by molar-refractivity contribution is 5.67. The molecule has 0 fully saturated rings. The topological polar surface area (TPSA) is 28.0 Å². The first-order chi connectivity index (χ1) is 9.60. The number of nitrogens with zero attached hydrogens (tertiary/aromatic N) is 3. The molecule has 1 unspecified atom stereocenters. The number of allylic oxidation sites excluding steroid dienone is 6. The van der Waals surface area contributed by atoms with Crippen molar-refractivity contribution in [1.29, 1.82) is 0 Å². The van der Waals surface area contributed by atoms with E-state index >= 15 is 0 Å². The highest BCUT2D eigenvalue weighted by Gasteiger charge is 2.21. The lowest BCUT2D eigenvalue weighted by Gasteiger charge is -2.32. The summed E-state index contributed by atoms with van der Waals surface area (Å²) in [5.74, 6) is 0.362. The van der Waals surface area contributed by atoms with Crippen LogP contribution in [0.1, 0.15) is 27.7 Å². The molecule has 0 saturated carbocycles. The molecular formula is C17H25N3. The molecule has 108 valence electrons. The molecule has 1 rings (SSSR count). The van der Waals surface area contributed by atoms with E-state index in [0.29, 0.717) is 5.92 Å². The van der Waals surface area contributed by atoms with Crippen molar-refractivity contribution in [3.8, 4) is 0 Å². The van der Waals surface area contributed by atoms with Crippen LogP contribution in [0.3, 0.4) is 0 Å². The van der Waals surface area contributed by atoms with Crippen LogP contribution in [-0.2, 0) is 0 Å². The summed E-state index contributed by atoms with van der Waals surface area (Å²) in [7, 11) is 1.80. The van der Waals surface area contributed by atoms with E-state index < -0.39 is 0 Å². The Morgan fingerprint density at radius 3 is 2.70 bits per heavy atom. The molecule has 0 radical (unpaired) electrons. The summed E-state index contributed by atoms with van der Waals surface area (Å²) in [6.45, 7) is 8.40. The maximum absolute atomic E-state index is 4.19. The molecular weight excluding hydrogens is 246 g/mol. The molecule has 0 bridgehead atoms. The fraction of sp³-hybridized carbons (Fsp3) is 0.412. The molecule has 20 heavy (non-hydrogen) atoms. The van der Waals surface area contributed by atoms with Gasteiger partial charge in [0.25, 0.3) is 0 Å². The largest absolute Gasteiger partial charge is 0.329 e. The van der Waals surface area contributed by atoms with Crippen LogP contribution in [0.4, 0.5) is 0 Å². The minimum absolute atomic E-state index is 0.266. The zero-order valence-electron chi connectivity index (χ0n) is 13.1. The molecule has 1 heterocycles. The quantitative estimate of drug-likeness (QED) is 0.422. The Hall–Kier alpha value is -1.90. The van der Waals surface area contributed by atoms with Gasteiger partial charge in [-0.05, 0) is 38.5 Å². The first-order valence-electron chi connectivity index (χ1n) is 6.98. The molecule has 0 aromatic carbocycles. The van der Waals surface area contributed by atoms with Crippen LogP contribution < -0.4 is 0 Å². The molecule has 3 heteroatoms. The van der Waals surface area contributed by atoms with Crippen molar-refractivity contribution in [3.63, 3.8) is 0 Å². The van der Waals surface area contributed by atoms with E-state index in [-0.39, 0.29) is 6.04 Å². The van der Waals surface area contributed by atoms with Crippen LogP contribution in [0.25, 0.3) is 0 Å². The maximum Gasteiger partial charge on any atom is 0.0894 e. The Kier molecular flexibility index (Phi) is 6.71. The molecule has 0 N–H and O–H groups in total. The zero-order chi connectivity index (χ0) is 15.0. The summed E-state index contributed by atoms with van der Waals surface area (Å²) in [5.41, 5.74) is 2.39. The summed E-state index contributed by atoms with van der Waals surface area (Å²) < 4.78 is 0. The van der Waals surface area contributed by atoms with E-state index in [9.17, 15) is 0 Å². The first-order valence-corrected chi connectivity index (χ1v) is 6.98. The number of aliphatic imine (C=N–C) groups is 2. The summed E-state index contributed by atoms with van der Waals surface area (Å²) in [6, 6.07) is 0.266. The van der Waals surface area contributed by atoms with Gasteiger partial charge in [0.05, 0.1) is 12.4 Å². The number of hydrogen-bond donors (Lipinski definition) is 0. The van der Waals surface area contributed by atoms with Gasteiger partial charge in [0.1, 0.15) is 0 Å². The van der Waals surface area contributed by atoms with E-state index in [1.54, 1.807) is 7.05 Å². The fourth-order valence-corrected chi connectivity index (χ4v) is 2.16. The van der Waals surface area contributed by atoms with Crippen molar-refractivity contribution in [1.82, 2.24) is 4.90 Å². The number of rotatable bonds is 5. The Morgan fingerprint density at radius 2 is 2.10 bits per heavy atom. The smallest absolute Gasteiger partial charge is 0.0894 e. The highest BCUT2D eigenvalue weighted by atomic mass is 15.2. The third-order valence-electron chi connectivity index (χ3n) is 3.19. The molecule has 0 spiro atoms. The van der Waals surface area contributed by atoms with Gasteiger partial charge < -0.3 is 4.90 Å². The second kappa shape index (κ2) is 8.31. The monoisotopic (exact) mass is 271 g/mol. The van der Waals surface area contributed by atoms with E-state index in [1.165, 1.54) is 11.3 Å². The average molecular weight is 271 g/mol. The molecule has 0 amide bonds. The molecule has 0 aliphatic carbocycles. The van der Waals surface area contributed by atoms with E-state index in [1.807, 2.05) is 37.8 Å². The Labute approximate surface area is 122 Å². The van der Waals surface area contributed by atoms with Crippen molar-refractivity contribution in [3.05, 3.63) is 47.9 Å². The maximum atomic E-state index is 4.19. The Bertz CT molecular complexity index is 478. The predicted octanol–water partition coefficient (Wildman–Crippen LogP) is 3.98. The summed E-state index contributed by atoms with van der Waals surface area (Å²) >= 11 is 0. The lowest BCUT2D eigenvalue weighted by Crippen LogP contribution is -2.37. The second-order valence-electron chi connectivity index (χ2n) is 4.99. The van der Waals surface area contributed by atoms with Gasteiger partial charge in [0, 0.05) is 31.1 Å². The SMILES string of the molecule is C\C=C/C=C(C)\C=C(/C)N(C=NC)[C@H]1C=CN=CC1C. The van der Waals surface area contributed by atoms with Gasteiger partial charge in [-0.25, -0.2) is 0 Å². The second-order valence-corrected chi connectivity index (χ2v) is 4.99. The van der Waals surface area contributed by atoms with Gasteiger partial charge in [0.2, 0.25) is 0 Å². The third-order valence-corrected chi connectivity index (χ3v) is 3.19. The summed E-state index contributed by atoms with van der Waals surface area (Å²) in [4.78, 5) is 10.6. The van der Waals surface area contributed by atoms with Crippen molar-refractivity contribution in [2.45, 2.75) is 33.7 Å². The van der Waals surface area contributed by atoms with Crippen LogP contribution in [0.5, 0.6) is 0 Å². The standard InChI is InChI=1S/C17H25N3/c1-6-7-8-14(2)11-16(4)20(13-18-5)17-9-10-19-12-15(17)3/h6-13,15,17H,1-5H3/b7-6-,14-8-,16-11+,18-13?/t15?,17-/m0/s1. The van der Waals surface area contributed by atoms with Gasteiger partial charge in [-0.1, -0.05) is 25.2 Å². The minimum Gasteiger partial charge on any atom is -0.329 e. The molecule has 1 aliphatic rings. The van der Waals surface area contributed by atoms with Gasteiger partial charge in [-0.15, -0.1) is 0 Å². The van der Waals surface area contributed by atoms with Crippen molar-refractivity contribution < 1.29 is 0 Å². The average Bonchev–Trinajstić information content (AvgIpc) is 2.43.